The van der Waals surface area contributed by atoms with Crippen molar-refractivity contribution in [3.63, 3.8) is 0 Å². The first-order valence-electron chi connectivity index (χ1n) is 9.01. The van der Waals surface area contributed by atoms with Gasteiger partial charge in [-0.2, -0.15) is 0 Å². The van der Waals surface area contributed by atoms with Gasteiger partial charge in [0.25, 0.3) is 11.8 Å². The van der Waals surface area contributed by atoms with Crippen molar-refractivity contribution in [3.8, 4) is 5.75 Å². The number of esters is 1. The second-order valence-corrected chi connectivity index (χ2v) is 7.67. The topological polar surface area (TPSA) is 84.9 Å². The molecule has 0 unspecified atom stereocenters. The zero-order valence-electron chi connectivity index (χ0n) is 16.2. The minimum atomic E-state index is -0.562. The van der Waals surface area contributed by atoms with Gasteiger partial charge in [-0.15, -0.1) is 0 Å². The molecule has 2 aromatic rings. The van der Waals surface area contributed by atoms with Crippen LogP contribution in [0.3, 0.4) is 0 Å². The van der Waals surface area contributed by atoms with E-state index in [1.165, 1.54) is 6.08 Å². The molecule has 3 rings (SSSR count). The fourth-order valence-corrected chi connectivity index (χ4v) is 3.27. The lowest BCUT2D eigenvalue weighted by molar-refractivity contribution is -0.145. The standard InChI is InChI=1S/C21H18BrClN2O5/c1-3-29-19(26)11-30-18-7-5-14(22)8-13(18)9-16-20(27)24-25(21(16)28)15-6-4-12(2)17(23)10-15/h4-10H,3,11H2,1-2H3,(H,24,27). The molecule has 1 heterocycles. The van der Waals surface area contributed by atoms with E-state index in [2.05, 4.69) is 21.4 Å². The van der Waals surface area contributed by atoms with Crippen molar-refractivity contribution in [2.75, 3.05) is 18.2 Å². The maximum absolute atomic E-state index is 12.9. The molecular formula is C21H18BrClN2O5. The van der Waals surface area contributed by atoms with E-state index in [1.807, 2.05) is 6.92 Å². The lowest BCUT2D eigenvalue weighted by Gasteiger charge is -2.15. The van der Waals surface area contributed by atoms with Gasteiger partial charge in [0, 0.05) is 15.1 Å². The molecule has 0 aliphatic carbocycles. The molecule has 0 aromatic heterocycles. The van der Waals surface area contributed by atoms with Gasteiger partial charge in [-0.05, 0) is 55.8 Å². The Balaban J connectivity index is 1.89. The van der Waals surface area contributed by atoms with E-state index in [0.717, 1.165) is 10.6 Å². The van der Waals surface area contributed by atoms with Crippen LogP contribution in [-0.2, 0) is 19.1 Å². The summed E-state index contributed by atoms with van der Waals surface area (Å²) in [5.41, 5.74) is 4.20. The smallest absolute Gasteiger partial charge is 0.344 e. The summed E-state index contributed by atoms with van der Waals surface area (Å²) in [5, 5.41) is 1.62. The van der Waals surface area contributed by atoms with Crippen LogP contribution in [0.1, 0.15) is 18.1 Å². The molecule has 2 aromatic carbocycles. The number of aryl methyl sites for hydroxylation is 1. The fourth-order valence-electron chi connectivity index (χ4n) is 2.72. The minimum absolute atomic E-state index is 0.0780. The van der Waals surface area contributed by atoms with Crippen LogP contribution < -0.4 is 15.2 Å². The first-order valence-corrected chi connectivity index (χ1v) is 10.2. The van der Waals surface area contributed by atoms with Crippen LogP contribution in [0, 0.1) is 6.92 Å². The largest absolute Gasteiger partial charge is 0.481 e. The van der Waals surface area contributed by atoms with Gasteiger partial charge in [0.1, 0.15) is 11.3 Å². The number of amides is 2. The van der Waals surface area contributed by atoms with Crippen LogP contribution in [-0.4, -0.2) is 31.0 Å². The summed E-state index contributed by atoms with van der Waals surface area (Å²) in [4.78, 5) is 36.9. The Bertz CT molecular complexity index is 1050. The average Bonchev–Trinajstić information content (AvgIpc) is 2.98. The van der Waals surface area contributed by atoms with Gasteiger partial charge in [0.05, 0.1) is 12.3 Å². The monoisotopic (exact) mass is 492 g/mol. The van der Waals surface area contributed by atoms with Gasteiger partial charge in [-0.3, -0.25) is 15.0 Å². The van der Waals surface area contributed by atoms with Crippen molar-refractivity contribution in [1.29, 1.82) is 0 Å². The van der Waals surface area contributed by atoms with Gasteiger partial charge in [-0.1, -0.05) is 33.6 Å². The quantitative estimate of drug-likeness (QED) is 0.376. The molecule has 1 aliphatic heterocycles. The Kier molecular flexibility index (Phi) is 6.79. The van der Waals surface area contributed by atoms with E-state index < -0.39 is 17.8 Å². The molecule has 0 saturated carbocycles. The number of hydrogen-bond acceptors (Lipinski definition) is 5. The molecule has 9 heteroatoms. The second kappa shape index (κ2) is 9.32. The number of carbonyl (C=O) groups excluding carboxylic acids is 3. The summed E-state index contributed by atoms with van der Waals surface area (Å²) >= 11 is 9.50. The lowest BCUT2D eigenvalue weighted by Crippen LogP contribution is -2.35. The van der Waals surface area contributed by atoms with Crippen molar-refractivity contribution in [2.24, 2.45) is 0 Å². The molecule has 0 radical (unpaired) electrons. The highest BCUT2D eigenvalue weighted by molar-refractivity contribution is 9.10. The number of nitrogens with zero attached hydrogens (tertiary/aromatic N) is 1. The Morgan fingerprint density at radius 3 is 2.70 bits per heavy atom. The molecule has 0 spiro atoms. The molecule has 1 saturated heterocycles. The van der Waals surface area contributed by atoms with E-state index in [-0.39, 0.29) is 18.8 Å². The summed E-state index contributed by atoms with van der Waals surface area (Å²) in [6.45, 7) is 3.49. The third kappa shape index (κ3) is 4.83. The molecule has 7 nitrogen and oxygen atoms in total. The predicted molar refractivity (Wildman–Crippen MR) is 116 cm³/mol. The predicted octanol–water partition coefficient (Wildman–Crippen LogP) is 3.81. The number of hydrogen-bond donors (Lipinski definition) is 1. The Morgan fingerprint density at radius 1 is 1.23 bits per heavy atom. The molecular weight excluding hydrogens is 476 g/mol. The van der Waals surface area contributed by atoms with Gasteiger partial charge < -0.3 is 9.47 Å². The van der Waals surface area contributed by atoms with Gasteiger partial charge in [0.15, 0.2) is 6.61 Å². The molecule has 1 N–H and O–H groups in total. The lowest BCUT2D eigenvalue weighted by atomic mass is 10.1. The zero-order chi connectivity index (χ0) is 21.8. The average molecular weight is 494 g/mol. The summed E-state index contributed by atoms with van der Waals surface area (Å²) in [6, 6.07) is 10.1. The number of halogens is 2. The molecule has 2 amide bonds. The second-order valence-electron chi connectivity index (χ2n) is 6.35. The van der Waals surface area contributed by atoms with Gasteiger partial charge >= 0.3 is 5.97 Å². The number of carbonyl (C=O) groups is 3. The number of hydrazine groups is 1. The SMILES string of the molecule is CCOC(=O)COc1ccc(Br)cc1C=C1C(=O)NN(c2ccc(C)c(Cl)c2)C1=O. The first kappa shape index (κ1) is 21.9. The highest BCUT2D eigenvalue weighted by atomic mass is 79.9. The first-order chi connectivity index (χ1) is 14.3. The normalized spacial score (nSPS) is 14.8. The summed E-state index contributed by atoms with van der Waals surface area (Å²) in [7, 11) is 0. The van der Waals surface area contributed by atoms with Crippen LogP contribution in [0.5, 0.6) is 5.75 Å². The maximum atomic E-state index is 12.9. The fraction of sp³-hybridized carbons (Fsp3) is 0.190. The molecule has 156 valence electrons. The van der Waals surface area contributed by atoms with E-state index in [4.69, 9.17) is 21.1 Å². The van der Waals surface area contributed by atoms with E-state index in [1.54, 1.807) is 43.3 Å². The van der Waals surface area contributed by atoms with Crippen molar-refractivity contribution in [3.05, 3.63) is 62.6 Å². The van der Waals surface area contributed by atoms with Gasteiger partial charge in [0.2, 0.25) is 0 Å². The Labute approximate surface area is 186 Å². The van der Waals surface area contributed by atoms with Crippen LogP contribution in [0.25, 0.3) is 6.08 Å². The Hall–Kier alpha value is -2.84. The van der Waals surface area contributed by atoms with Crippen LogP contribution in [0.15, 0.2) is 46.4 Å². The summed E-state index contributed by atoms with van der Waals surface area (Å²) in [5.74, 6) is -1.28. The van der Waals surface area contributed by atoms with E-state index in [9.17, 15) is 14.4 Å². The highest BCUT2D eigenvalue weighted by Crippen LogP contribution is 2.29. The third-order valence-corrected chi connectivity index (χ3v) is 5.13. The number of benzene rings is 2. The number of rotatable bonds is 6. The molecule has 1 fully saturated rings. The van der Waals surface area contributed by atoms with E-state index in [0.29, 0.717) is 26.5 Å². The van der Waals surface area contributed by atoms with Crippen molar-refractivity contribution in [2.45, 2.75) is 13.8 Å². The summed E-state index contributed by atoms with van der Waals surface area (Å²) in [6.07, 6.45) is 1.42. The summed E-state index contributed by atoms with van der Waals surface area (Å²) < 4.78 is 11.1. The number of nitrogens with one attached hydrogen (secondary N) is 1. The minimum Gasteiger partial charge on any atom is -0.481 e. The van der Waals surface area contributed by atoms with Crippen LogP contribution in [0.2, 0.25) is 5.02 Å². The third-order valence-electron chi connectivity index (χ3n) is 4.23. The Morgan fingerprint density at radius 2 is 2.00 bits per heavy atom. The van der Waals surface area contributed by atoms with Gasteiger partial charge in [-0.25, -0.2) is 9.80 Å². The molecule has 0 bridgehead atoms. The highest BCUT2D eigenvalue weighted by Gasteiger charge is 2.34. The molecule has 30 heavy (non-hydrogen) atoms. The number of ether oxygens (including phenoxy) is 2. The van der Waals surface area contributed by atoms with Crippen LogP contribution >= 0.6 is 27.5 Å². The molecule has 0 atom stereocenters. The number of anilines is 1. The van der Waals surface area contributed by atoms with Crippen LogP contribution in [0.4, 0.5) is 5.69 Å². The van der Waals surface area contributed by atoms with E-state index >= 15 is 0 Å². The maximum Gasteiger partial charge on any atom is 0.344 e. The van der Waals surface area contributed by atoms with Crippen molar-refractivity contribution < 1.29 is 23.9 Å². The zero-order valence-corrected chi connectivity index (χ0v) is 18.5. The van der Waals surface area contributed by atoms with Crippen molar-refractivity contribution >= 4 is 57.1 Å². The molecule has 1 aliphatic rings. The van der Waals surface area contributed by atoms with Crippen molar-refractivity contribution in [1.82, 2.24) is 5.43 Å².